The second kappa shape index (κ2) is 20.6. The van der Waals surface area contributed by atoms with Gasteiger partial charge in [0.15, 0.2) is 0 Å². The van der Waals surface area contributed by atoms with Gasteiger partial charge in [-0.15, -0.1) is 0 Å². The normalized spacial score (nSPS) is 13.3. The minimum Gasteiger partial charge on any atom is -0.488 e. The van der Waals surface area contributed by atoms with Gasteiger partial charge in [-0.05, 0) is 97.2 Å². The van der Waals surface area contributed by atoms with Gasteiger partial charge < -0.3 is 35.5 Å². The highest BCUT2D eigenvalue weighted by molar-refractivity contribution is 7.96. The number of carbonyl (C=O) groups excluding carboxylic acids is 5. The molecule has 0 radical (unpaired) electrons. The summed E-state index contributed by atoms with van der Waals surface area (Å²) < 4.78 is 19.5. The Morgan fingerprint density at radius 1 is 0.804 bits per heavy atom. The van der Waals surface area contributed by atoms with Crippen molar-refractivity contribution in [3.8, 4) is 5.75 Å². The van der Waals surface area contributed by atoms with Crippen LogP contribution in [0.1, 0.15) is 78.5 Å². The highest BCUT2D eigenvalue weighted by Gasteiger charge is 2.28. The summed E-state index contributed by atoms with van der Waals surface area (Å²) in [5, 5.41) is 10.4. The fourth-order valence-corrected chi connectivity index (χ4v) is 5.34. The van der Waals surface area contributed by atoms with Crippen LogP contribution in [0.4, 0.5) is 4.79 Å². The second-order valence-corrected chi connectivity index (χ2v) is 14.9. The van der Waals surface area contributed by atoms with Crippen molar-refractivity contribution < 1.29 is 38.2 Å². The van der Waals surface area contributed by atoms with E-state index in [-0.39, 0.29) is 6.42 Å². The van der Waals surface area contributed by atoms with E-state index in [0.29, 0.717) is 12.2 Å². The van der Waals surface area contributed by atoms with Gasteiger partial charge in [-0.2, -0.15) is 0 Å². The number of nitrogens with one attached hydrogen (secondary N) is 5. The van der Waals surface area contributed by atoms with Gasteiger partial charge in [0, 0.05) is 18.7 Å². The summed E-state index contributed by atoms with van der Waals surface area (Å²) in [6, 6.07) is 11.9. The van der Waals surface area contributed by atoms with Crippen LogP contribution in [0.25, 0.3) is 0 Å². The predicted octanol–water partition coefficient (Wildman–Crippen LogP) is 3.97. The van der Waals surface area contributed by atoms with E-state index in [1.54, 1.807) is 64.0 Å². The Kier molecular flexibility index (Phi) is 17.4. The van der Waals surface area contributed by atoms with Crippen LogP contribution < -0.4 is 30.7 Å². The zero-order chi connectivity index (χ0) is 38.2. The molecule has 0 bridgehead atoms. The summed E-state index contributed by atoms with van der Waals surface area (Å²) in [6.45, 7) is 14.7. The monoisotopic (exact) mass is 729 g/mol. The predicted molar refractivity (Wildman–Crippen MR) is 198 cm³/mol. The first kappa shape index (κ1) is 43.0. The Bertz CT molecular complexity index is 1460. The lowest BCUT2D eigenvalue weighted by molar-refractivity contribution is -0.161. The minimum absolute atomic E-state index is 0.0930. The Morgan fingerprint density at radius 2 is 1.45 bits per heavy atom. The molecule has 0 heterocycles. The molecule has 5 N–H and O–H groups in total. The summed E-state index contributed by atoms with van der Waals surface area (Å²) in [4.78, 5) is 64.0. The number of likely N-dealkylation sites (N-methyl/N-ethyl adjacent to an activating group) is 1. The molecule has 13 nitrogen and oxygen atoms in total. The fourth-order valence-electron chi connectivity index (χ4n) is 4.55. The SMILES string of the molecule is CCCNSCc1cccc(C[C@H](NC)C(=O)OC(=O)CNC(=O)[C@@H](C)NC(=O)[C@H](Cc2ccc(OC(C)(C)C)cc2)NC(=O)OC(C)(C)C)c1. The summed E-state index contributed by atoms with van der Waals surface area (Å²) >= 11 is 1.61. The molecule has 0 aliphatic heterocycles. The summed E-state index contributed by atoms with van der Waals surface area (Å²) in [6.07, 6.45) is 0.630. The van der Waals surface area contributed by atoms with Gasteiger partial charge in [0.2, 0.25) is 11.8 Å². The molecule has 0 unspecified atom stereocenters. The van der Waals surface area contributed by atoms with E-state index in [4.69, 9.17) is 14.2 Å². The van der Waals surface area contributed by atoms with Crippen LogP contribution in [0.3, 0.4) is 0 Å². The molecule has 0 spiro atoms. The van der Waals surface area contributed by atoms with Crippen molar-refractivity contribution in [1.82, 2.24) is 26.0 Å². The summed E-state index contributed by atoms with van der Waals surface area (Å²) in [5.41, 5.74) is 1.53. The van der Waals surface area contributed by atoms with Gasteiger partial charge >= 0.3 is 18.0 Å². The Labute approximate surface area is 306 Å². The molecule has 3 amide bonds. The van der Waals surface area contributed by atoms with Crippen molar-refractivity contribution in [2.45, 2.75) is 110 Å². The number of esters is 2. The van der Waals surface area contributed by atoms with E-state index in [1.165, 1.54) is 6.92 Å². The third kappa shape index (κ3) is 17.6. The van der Waals surface area contributed by atoms with Crippen LogP contribution in [0.15, 0.2) is 48.5 Å². The molecule has 2 rings (SSSR count). The van der Waals surface area contributed by atoms with Crippen LogP contribution in [0.5, 0.6) is 5.75 Å². The van der Waals surface area contributed by atoms with E-state index in [2.05, 4.69) is 32.9 Å². The molecule has 0 aromatic heterocycles. The average Bonchev–Trinajstić information content (AvgIpc) is 3.03. The number of carbonyl (C=O) groups is 5. The molecule has 0 aliphatic carbocycles. The number of benzene rings is 2. The van der Waals surface area contributed by atoms with Gasteiger partial charge in [-0.3, -0.25) is 14.3 Å². The van der Waals surface area contributed by atoms with Gasteiger partial charge in [0.05, 0.1) is 0 Å². The third-order valence-corrected chi connectivity index (χ3v) is 7.81. The molecule has 0 saturated carbocycles. The number of alkyl carbamates (subject to hydrolysis) is 1. The topological polar surface area (TPSA) is 173 Å². The Balaban J connectivity index is 1.95. The van der Waals surface area contributed by atoms with Gasteiger partial charge in [0.1, 0.15) is 41.6 Å². The Hall–Kier alpha value is -4.14. The first-order valence-corrected chi connectivity index (χ1v) is 18.1. The van der Waals surface area contributed by atoms with Crippen molar-refractivity contribution in [2.24, 2.45) is 0 Å². The van der Waals surface area contributed by atoms with E-state index in [9.17, 15) is 24.0 Å². The fraction of sp³-hybridized carbons (Fsp3) is 0.541. The van der Waals surface area contributed by atoms with Gasteiger partial charge in [-0.25, -0.2) is 14.4 Å². The lowest BCUT2D eigenvalue weighted by atomic mass is 10.0. The maximum atomic E-state index is 13.3. The third-order valence-electron chi connectivity index (χ3n) is 6.93. The molecule has 51 heavy (non-hydrogen) atoms. The molecule has 0 saturated heterocycles. The molecular weight excluding hydrogens is 675 g/mol. The van der Waals surface area contributed by atoms with Crippen molar-refractivity contribution in [3.63, 3.8) is 0 Å². The summed E-state index contributed by atoms with van der Waals surface area (Å²) in [7, 11) is 1.60. The summed E-state index contributed by atoms with van der Waals surface area (Å²) in [5.74, 6) is -1.66. The van der Waals surface area contributed by atoms with Crippen LogP contribution in [-0.2, 0) is 47.2 Å². The number of ether oxygens (including phenoxy) is 3. The number of rotatable bonds is 18. The number of hydrogen-bond acceptors (Lipinski definition) is 11. The first-order chi connectivity index (χ1) is 23.9. The molecule has 2 aromatic carbocycles. The lowest BCUT2D eigenvalue weighted by Crippen LogP contribution is -2.54. The van der Waals surface area contributed by atoms with E-state index in [1.807, 2.05) is 45.0 Å². The molecular formula is C37H55N5O8S. The molecule has 0 aliphatic rings. The molecule has 3 atom stereocenters. The number of hydrogen-bond donors (Lipinski definition) is 5. The van der Waals surface area contributed by atoms with Crippen molar-refractivity contribution in [2.75, 3.05) is 20.1 Å². The van der Waals surface area contributed by atoms with Crippen LogP contribution >= 0.6 is 11.9 Å². The zero-order valence-corrected chi connectivity index (χ0v) is 32.1. The molecule has 0 fully saturated rings. The zero-order valence-electron chi connectivity index (χ0n) is 31.3. The maximum Gasteiger partial charge on any atom is 0.408 e. The highest BCUT2D eigenvalue weighted by Crippen LogP contribution is 2.19. The van der Waals surface area contributed by atoms with Crippen molar-refractivity contribution >= 4 is 41.8 Å². The van der Waals surface area contributed by atoms with Crippen molar-refractivity contribution in [1.29, 1.82) is 0 Å². The first-order valence-electron chi connectivity index (χ1n) is 17.1. The van der Waals surface area contributed by atoms with Crippen LogP contribution in [0, 0.1) is 0 Å². The quantitative estimate of drug-likeness (QED) is 0.0651. The highest BCUT2D eigenvalue weighted by atomic mass is 32.2. The standard InChI is InChI=1S/C37H55N5O8S/c1-10-18-40-51-23-27-13-11-12-26(19-27)21-30(38-9)34(46)48-31(43)22-39-32(44)24(2)41-33(45)29(42-35(47)50-37(6,7)8)20-25-14-16-28(17-15-25)49-36(3,4)5/h11-17,19,24,29-30,38,40H,10,18,20-23H2,1-9H3,(H,39,44)(H,41,45)(H,42,47)/t24-,29+,30+/m1/s1. The van der Waals surface area contributed by atoms with Crippen LogP contribution in [0.2, 0.25) is 0 Å². The van der Waals surface area contributed by atoms with E-state index >= 15 is 0 Å². The molecule has 2 aromatic rings. The Morgan fingerprint density at radius 3 is 2.06 bits per heavy atom. The largest absolute Gasteiger partial charge is 0.488 e. The molecule has 282 valence electrons. The molecule has 14 heteroatoms. The van der Waals surface area contributed by atoms with E-state index in [0.717, 1.165) is 35.4 Å². The average molecular weight is 730 g/mol. The van der Waals surface area contributed by atoms with Crippen LogP contribution in [-0.4, -0.2) is 79.3 Å². The second-order valence-electron chi connectivity index (χ2n) is 14.1. The van der Waals surface area contributed by atoms with E-state index < -0.39 is 65.7 Å². The lowest BCUT2D eigenvalue weighted by Gasteiger charge is -2.25. The van der Waals surface area contributed by atoms with Crippen molar-refractivity contribution in [3.05, 3.63) is 65.2 Å². The van der Waals surface area contributed by atoms with Gasteiger partial charge in [0.25, 0.3) is 0 Å². The smallest absolute Gasteiger partial charge is 0.408 e. The minimum atomic E-state index is -1.10. The maximum absolute atomic E-state index is 13.3. The number of amides is 3. The van der Waals surface area contributed by atoms with Gasteiger partial charge in [-0.1, -0.05) is 55.3 Å².